The molecule has 5 rings (SSSR count). The van der Waals surface area contributed by atoms with Crippen LogP contribution < -0.4 is 5.32 Å². The van der Waals surface area contributed by atoms with Crippen LogP contribution in [0.5, 0.6) is 0 Å². The fourth-order valence-corrected chi connectivity index (χ4v) is 5.30. The maximum Gasteiger partial charge on any atom is 0.226 e. The van der Waals surface area contributed by atoms with Gasteiger partial charge in [0.15, 0.2) is 0 Å². The van der Waals surface area contributed by atoms with Crippen LogP contribution in [0.3, 0.4) is 0 Å². The van der Waals surface area contributed by atoms with Crippen molar-refractivity contribution in [3.63, 3.8) is 0 Å². The second-order valence-electron chi connectivity index (χ2n) is 10.3. The third-order valence-electron chi connectivity index (χ3n) is 7.50. The van der Waals surface area contributed by atoms with E-state index < -0.39 is 5.41 Å². The van der Waals surface area contributed by atoms with Crippen molar-refractivity contribution in [3.05, 3.63) is 95.9 Å². The largest absolute Gasteiger partial charge is 0.353 e. The van der Waals surface area contributed by atoms with Gasteiger partial charge in [0.25, 0.3) is 0 Å². The highest BCUT2D eigenvalue weighted by Gasteiger charge is 2.39. The molecule has 5 heteroatoms. The van der Waals surface area contributed by atoms with Crippen LogP contribution >= 0.6 is 0 Å². The lowest BCUT2D eigenvalue weighted by atomic mass is 9.71. The van der Waals surface area contributed by atoms with Crippen LogP contribution in [-0.4, -0.2) is 21.7 Å². The fraction of sp³-hybridized carbons (Fsp3) is 0.333. The van der Waals surface area contributed by atoms with Gasteiger partial charge in [-0.05, 0) is 66.8 Å². The van der Waals surface area contributed by atoms with Crippen molar-refractivity contribution in [2.45, 2.75) is 57.9 Å². The van der Waals surface area contributed by atoms with E-state index in [4.69, 9.17) is 0 Å². The number of nitrogens with one attached hydrogen (secondary N) is 1. The molecule has 1 amide bonds. The summed E-state index contributed by atoms with van der Waals surface area (Å²) in [5.74, 6) is -0.160. The highest BCUT2D eigenvalue weighted by atomic mass is 19.1. The molecule has 0 aliphatic heterocycles. The van der Waals surface area contributed by atoms with Gasteiger partial charge in [-0.3, -0.25) is 4.79 Å². The zero-order valence-electron chi connectivity index (χ0n) is 20.4. The summed E-state index contributed by atoms with van der Waals surface area (Å²) in [6.07, 6.45) is 7.12. The Labute approximate surface area is 206 Å². The topological polar surface area (TPSA) is 46.9 Å². The van der Waals surface area contributed by atoms with Crippen molar-refractivity contribution < 1.29 is 9.18 Å². The maximum atomic E-state index is 13.5. The molecule has 0 saturated heterocycles. The van der Waals surface area contributed by atoms with Crippen molar-refractivity contribution in [2.75, 3.05) is 0 Å². The minimum Gasteiger partial charge on any atom is -0.353 e. The number of amides is 1. The number of halogens is 1. The summed E-state index contributed by atoms with van der Waals surface area (Å²) in [5.41, 5.74) is 3.49. The third-order valence-corrected chi connectivity index (χ3v) is 7.50. The van der Waals surface area contributed by atoms with Crippen molar-refractivity contribution in [3.8, 4) is 5.69 Å². The van der Waals surface area contributed by atoms with E-state index in [0.29, 0.717) is 0 Å². The van der Waals surface area contributed by atoms with E-state index >= 15 is 0 Å². The first-order valence-electron chi connectivity index (χ1n) is 12.5. The third kappa shape index (κ3) is 4.86. The molecule has 4 nitrogen and oxygen atoms in total. The molecule has 1 aliphatic rings. The number of fused-ring (bicyclic) bond motifs is 1. The first-order chi connectivity index (χ1) is 16.9. The summed E-state index contributed by atoms with van der Waals surface area (Å²) in [5, 5.41) is 8.89. The minimum atomic E-state index is -0.598. The van der Waals surface area contributed by atoms with Crippen LogP contribution in [0, 0.1) is 11.2 Å². The van der Waals surface area contributed by atoms with E-state index in [1.165, 1.54) is 30.5 Å². The minimum absolute atomic E-state index is 0.00938. The van der Waals surface area contributed by atoms with E-state index in [1.54, 1.807) is 12.1 Å². The second kappa shape index (κ2) is 9.65. The second-order valence-corrected chi connectivity index (χ2v) is 10.3. The lowest BCUT2D eigenvalue weighted by Gasteiger charge is -2.35. The number of carbonyl (C=O) groups excluding carboxylic acids is 1. The number of hydrogen-bond donors (Lipinski definition) is 1. The smallest absolute Gasteiger partial charge is 0.226 e. The van der Waals surface area contributed by atoms with Gasteiger partial charge < -0.3 is 5.32 Å². The highest BCUT2D eigenvalue weighted by molar-refractivity contribution is 5.85. The van der Waals surface area contributed by atoms with E-state index in [9.17, 15) is 9.18 Å². The molecule has 0 radical (unpaired) electrons. The highest BCUT2D eigenvalue weighted by Crippen LogP contribution is 2.40. The number of hydrogen-bond acceptors (Lipinski definition) is 2. The molecule has 1 fully saturated rings. The predicted octanol–water partition coefficient (Wildman–Crippen LogP) is 6.58. The molecule has 0 spiro atoms. The van der Waals surface area contributed by atoms with Crippen molar-refractivity contribution in [2.24, 2.45) is 5.41 Å². The standard InChI is InChI=1S/C30H32FN3O/c1-30(2,29(35)33-25-10-6-7-11-25)27(18-21-8-4-3-5-9-21)22-12-17-28-23(19-22)20-32-34(28)26-15-13-24(31)14-16-26/h3-5,8-9,12-17,19-20,25,27H,6-7,10-11,18H2,1-2H3,(H,33,35). The van der Waals surface area contributed by atoms with E-state index in [1.807, 2.05) is 29.1 Å². The Bertz CT molecular complexity index is 1300. The van der Waals surface area contributed by atoms with Gasteiger partial charge >= 0.3 is 0 Å². The summed E-state index contributed by atoms with van der Waals surface area (Å²) < 4.78 is 15.2. The van der Waals surface area contributed by atoms with Crippen molar-refractivity contribution in [1.82, 2.24) is 15.1 Å². The van der Waals surface area contributed by atoms with Crippen LogP contribution in [0.25, 0.3) is 16.6 Å². The Morgan fingerprint density at radius 1 is 1.06 bits per heavy atom. The van der Waals surface area contributed by atoms with Crippen LogP contribution in [0.1, 0.15) is 56.6 Å². The van der Waals surface area contributed by atoms with Crippen LogP contribution in [0.4, 0.5) is 4.39 Å². The van der Waals surface area contributed by atoms with Gasteiger partial charge in [-0.15, -0.1) is 0 Å². The molecule has 180 valence electrons. The number of carbonyl (C=O) groups is 1. The molecule has 4 aromatic rings. The van der Waals surface area contributed by atoms with E-state index in [-0.39, 0.29) is 23.7 Å². The van der Waals surface area contributed by atoms with Crippen LogP contribution in [0.15, 0.2) is 79.0 Å². The number of nitrogens with zero attached hydrogens (tertiary/aromatic N) is 2. The lowest BCUT2D eigenvalue weighted by molar-refractivity contribution is -0.131. The average molecular weight is 470 g/mol. The molecule has 35 heavy (non-hydrogen) atoms. The normalized spacial score (nSPS) is 15.4. The number of benzene rings is 3. The summed E-state index contributed by atoms with van der Waals surface area (Å²) >= 11 is 0. The van der Waals surface area contributed by atoms with Crippen LogP contribution in [-0.2, 0) is 11.2 Å². The Morgan fingerprint density at radius 3 is 2.49 bits per heavy atom. The molecular weight excluding hydrogens is 437 g/mol. The Balaban J connectivity index is 1.50. The zero-order valence-corrected chi connectivity index (χ0v) is 20.4. The molecule has 1 atom stereocenters. The SMILES string of the molecule is CC(C)(C(=O)NC1CCCC1)C(Cc1ccccc1)c1ccc2c(cnn2-c2ccc(F)cc2)c1. The Kier molecular flexibility index (Phi) is 6.42. The molecule has 1 heterocycles. The van der Waals surface area contributed by atoms with E-state index in [2.05, 4.69) is 54.6 Å². The molecule has 1 unspecified atom stereocenters. The van der Waals surface area contributed by atoms with E-state index in [0.717, 1.165) is 41.4 Å². The summed E-state index contributed by atoms with van der Waals surface area (Å²) in [6, 6.07) is 23.3. The molecule has 3 aromatic carbocycles. The predicted molar refractivity (Wildman–Crippen MR) is 138 cm³/mol. The summed E-state index contributed by atoms with van der Waals surface area (Å²) in [7, 11) is 0. The lowest BCUT2D eigenvalue weighted by Crippen LogP contribution is -2.45. The number of rotatable bonds is 7. The first kappa shape index (κ1) is 23.3. The van der Waals surface area contributed by atoms with Gasteiger partial charge in [-0.1, -0.05) is 63.1 Å². The van der Waals surface area contributed by atoms with Gasteiger partial charge in [0, 0.05) is 17.3 Å². The molecule has 1 aromatic heterocycles. The first-order valence-corrected chi connectivity index (χ1v) is 12.5. The average Bonchev–Trinajstić information content (AvgIpc) is 3.53. The Morgan fingerprint density at radius 2 is 1.77 bits per heavy atom. The maximum absolute atomic E-state index is 13.5. The van der Waals surface area contributed by atoms with Gasteiger partial charge in [0.2, 0.25) is 5.91 Å². The van der Waals surface area contributed by atoms with Crippen molar-refractivity contribution in [1.29, 1.82) is 0 Å². The molecule has 0 bridgehead atoms. The summed E-state index contributed by atoms with van der Waals surface area (Å²) in [6.45, 7) is 4.13. The monoisotopic (exact) mass is 469 g/mol. The quantitative estimate of drug-likeness (QED) is 0.332. The van der Waals surface area contributed by atoms with Gasteiger partial charge in [0.1, 0.15) is 5.82 Å². The molecule has 1 N–H and O–H groups in total. The van der Waals surface area contributed by atoms with Crippen molar-refractivity contribution >= 4 is 16.8 Å². The number of aromatic nitrogens is 2. The van der Waals surface area contributed by atoms with Gasteiger partial charge in [0.05, 0.1) is 22.8 Å². The zero-order chi connectivity index (χ0) is 24.4. The molecular formula is C30H32FN3O. The summed E-state index contributed by atoms with van der Waals surface area (Å²) in [4.78, 5) is 13.5. The molecule has 1 aliphatic carbocycles. The molecule has 1 saturated carbocycles. The Hall–Kier alpha value is -3.47. The van der Waals surface area contributed by atoms with Gasteiger partial charge in [-0.25, -0.2) is 9.07 Å². The van der Waals surface area contributed by atoms with Gasteiger partial charge in [-0.2, -0.15) is 5.10 Å². The fourth-order valence-electron chi connectivity index (χ4n) is 5.30. The van der Waals surface area contributed by atoms with Crippen LogP contribution in [0.2, 0.25) is 0 Å².